The summed E-state index contributed by atoms with van der Waals surface area (Å²) in [5.41, 5.74) is 1.36. The fourth-order valence-corrected chi connectivity index (χ4v) is 2.75. The molecule has 2 aromatic rings. The number of nitrogens with one attached hydrogen (secondary N) is 1. The molecule has 0 spiro atoms. The van der Waals surface area contributed by atoms with Crippen LogP contribution in [-0.2, 0) is 17.6 Å². The second-order valence-corrected chi connectivity index (χ2v) is 5.92. The lowest BCUT2D eigenvalue weighted by molar-refractivity contribution is -0.137. The molecule has 0 aromatic heterocycles. The fraction of sp³-hybridized carbons (Fsp3) is 0.278. The Bertz CT molecular complexity index is 741. The zero-order valence-corrected chi connectivity index (χ0v) is 12.7. The zero-order chi connectivity index (χ0) is 17.3. The van der Waals surface area contributed by atoms with E-state index in [1.54, 1.807) is 24.3 Å². The van der Waals surface area contributed by atoms with E-state index >= 15 is 0 Å². The highest BCUT2D eigenvalue weighted by Crippen LogP contribution is 2.48. The van der Waals surface area contributed by atoms with E-state index in [1.165, 1.54) is 12.1 Å². The minimum Gasteiger partial charge on any atom is -0.392 e. The van der Waals surface area contributed by atoms with E-state index < -0.39 is 11.7 Å². The Kier molecular flexibility index (Phi) is 4.32. The van der Waals surface area contributed by atoms with Gasteiger partial charge in [-0.2, -0.15) is 13.2 Å². The molecule has 6 heteroatoms. The second kappa shape index (κ2) is 6.28. The number of benzene rings is 2. The molecule has 126 valence electrons. The first-order chi connectivity index (χ1) is 11.4. The van der Waals surface area contributed by atoms with Crippen molar-refractivity contribution >= 4 is 11.6 Å². The predicted molar refractivity (Wildman–Crippen MR) is 83.3 cm³/mol. The van der Waals surface area contributed by atoms with Crippen LogP contribution >= 0.6 is 0 Å². The van der Waals surface area contributed by atoms with Crippen LogP contribution in [0.25, 0.3) is 0 Å². The molecule has 1 amide bonds. The molecule has 1 saturated carbocycles. The van der Waals surface area contributed by atoms with Crippen molar-refractivity contribution in [3.63, 3.8) is 0 Å². The number of rotatable bonds is 4. The summed E-state index contributed by atoms with van der Waals surface area (Å²) in [6, 6.07) is 11.9. The van der Waals surface area contributed by atoms with E-state index in [2.05, 4.69) is 5.32 Å². The summed E-state index contributed by atoms with van der Waals surface area (Å²) in [6.07, 6.45) is -3.73. The van der Waals surface area contributed by atoms with Crippen LogP contribution in [0.15, 0.2) is 48.5 Å². The number of hydrogen-bond donors (Lipinski definition) is 2. The Morgan fingerprint density at radius 2 is 1.88 bits per heavy atom. The summed E-state index contributed by atoms with van der Waals surface area (Å²) >= 11 is 0. The van der Waals surface area contributed by atoms with Crippen LogP contribution in [-0.4, -0.2) is 11.0 Å². The summed E-state index contributed by atoms with van der Waals surface area (Å²) in [5.74, 6) is -0.442. The lowest BCUT2D eigenvalue weighted by Gasteiger charge is -2.08. The summed E-state index contributed by atoms with van der Waals surface area (Å²) in [7, 11) is 0. The molecule has 24 heavy (non-hydrogen) atoms. The number of carbonyl (C=O) groups excluding carboxylic acids is 1. The number of aliphatic hydroxyl groups is 1. The average molecular weight is 335 g/mol. The highest BCUT2D eigenvalue weighted by Gasteiger charge is 2.44. The molecule has 1 aliphatic rings. The molecule has 2 N–H and O–H groups in total. The fourth-order valence-electron chi connectivity index (χ4n) is 2.75. The molecule has 2 unspecified atom stereocenters. The van der Waals surface area contributed by atoms with Gasteiger partial charge in [-0.25, -0.2) is 0 Å². The van der Waals surface area contributed by atoms with Crippen molar-refractivity contribution in [2.45, 2.75) is 25.1 Å². The molecule has 3 nitrogen and oxygen atoms in total. The topological polar surface area (TPSA) is 49.3 Å². The van der Waals surface area contributed by atoms with Gasteiger partial charge in [0.05, 0.1) is 12.2 Å². The van der Waals surface area contributed by atoms with Crippen LogP contribution in [0.2, 0.25) is 0 Å². The number of anilines is 1. The van der Waals surface area contributed by atoms with Crippen LogP contribution in [0.3, 0.4) is 0 Å². The molecule has 0 saturated heterocycles. The molecule has 0 bridgehead atoms. The maximum Gasteiger partial charge on any atom is 0.416 e. The monoisotopic (exact) mass is 335 g/mol. The zero-order valence-electron chi connectivity index (χ0n) is 12.7. The third-order valence-electron chi connectivity index (χ3n) is 4.17. The average Bonchev–Trinajstić information content (AvgIpc) is 3.35. The first-order valence-corrected chi connectivity index (χ1v) is 7.56. The van der Waals surface area contributed by atoms with Crippen LogP contribution in [0.5, 0.6) is 0 Å². The van der Waals surface area contributed by atoms with E-state index in [4.69, 9.17) is 5.11 Å². The number of alkyl halides is 3. The molecule has 0 aliphatic heterocycles. The van der Waals surface area contributed by atoms with Gasteiger partial charge in [0.1, 0.15) is 0 Å². The Morgan fingerprint density at radius 1 is 1.17 bits per heavy atom. The molecular formula is C18H16F3NO2. The maximum absolute atomic E-state index is 12.6. The van der Waals surface area contributed by atoms with Crippen molar-refractivity contribution in [3.8, 4) is 0 Å². The quantitative estimate of drug-likeness (QED) is 0.889. The Morgan fingerprint density at radius 3 is 2.50 bits per heavy atom. The van der Waals surface area contributed by atoms with Crippen LogP contribution in [0.1, 0.15) is 29.0 Å². The van der Waals surface area contributed by atoms with E-state index in [0.29, 0.717) is 17.7 Å². The van der Waals surface area contributed by atoms with Gasteiger partial charge in [-0.1, -0.05) is 24.3 Å². The summed E-state index contributed by atoms with van der Waals surface area (Å²) in [5, 5.41) is 11.9. The van der Waals surface area contributed by atoms with E-state index in [0.717, 1.165) is 17.7 Å². The third kappa shape index (κ3) is 3.59. The smallest absolute Gasteiger partial charge is 0.392 e. The van der Waals surface area contributed by atoms with E-state index in [-0.39, 0.29) is 24.3 Å². The number of hydrogen-bond acceptors (Lipinski definition) is 2. The van der Waals surface area contributed by atoms with Crippen molar-refractivity contribution in [2.24, 2.45) is 5.92 Å². The standard InChI is InChI=1S/C18H16F3NO2/c19-18(20,21)13-6-4-12(5-7-13)15-9-16(15)17(24)22-14-3-1-2-11(8-14)10-23/h1-8,15-16,23H,9-10H2,(H,22,24). The molecule has 0 radical (unpaired) electrons. The van der Waals surface area contributed by atoms with Crippen LogP contribution < -0.4 is 5.32 Å². The first kappa shape index (κ1) is 16.5. The van der Waals surface area contributed by atoms with Gasteiger partial charge in [-0.15, -0.1) is 0 Å². The SMILES string of the molecule is O=C(Nc1cccc(CO)c1)C1CC1c1ccc(C(F)(F)F)cc1. The number of amides is 1. The molecule has 3 rings (SSSR count). The van der Waals surface area contributed by atoms with Gasteiger partial charge in [0.2, 0.25) is 5.91 Å². The highest BCUT2D eigenvalue weighted by molar-refractivity contribution is 5.95. The van der Waals surface area contributed by atoms with Crippen molar-refractivity contribution in [2.75, 3.05) is 5.32 Å². The third-order valence-corrected chi connectivity index (χ3v) is 4.17. The number of halogens is 3. The van der Waals surface area contributed by atoms with Crippen molar-refractivity contribution in [1.82, 2.24) is 0 Å². The summed E-state index contributed by atoms with van der Waals surface area (Å²) in [6.45, 7) is -0.110. The van der Waals surface area contributed by atoms with Crippen LogP contribution in [0, 0.1) is 5.92 Å². The Hall–Kier alpha value is -2.34. The molecule has 2 atom stereocenters. The highest BCUT2D eigenvalue weighted by atomic mass is 19.4. The summed E-state index contributed by atoms with van der Waals surface area (Å²) in [4.78, 5) is 12.2. The van der Waals surface area contributed by atoms with E-state index in [1.807, 2.05) is 0 Å². The van der Waals surface area contributed by atoms with Crippen molar-refractivity contribution in [1.29, 1.82) is 0 Å². The predicted octanol–water partition coefficient (Wildman–Crippen LogP) is 3.94. The van der Waals surface area contributed by atoms with Gasteiger partial charge < -0.3 is 10.4 Å². The van der Waals surface area contributed by atoms with Crippen molar-refractivity contribution in [3.05, 3.63) is 65.2 Å². The lowest BCUT2D eigenvalue weighted by Crippen LogP contribution is -2.14. The maximum atomic E-state index is 12.6. The lowest BCUT2D eigenvalue weighted by atomic mass is 10.1. The second-order valence-electron chi connectivity index (χ2n) is 5.92. The Labute approximate surface area is 137 Å². The van der Waals surface area contributed by atoms with Gasteiger partial charge in [-0.05, 0) is 47.7 Å². The number of aliphatic hydroxyl groups excluding tert-OH is 1. The van der Waals surface area contributed by atoms with Gasteiger partial charge in [0, 0.05) is 11.6 Å². The summed E-state index contributed by atoms with van der Waals surface area (Å²) < 4.78 is 37.7. The molecule has 1 fully saturated rings. The van der Waals surface area contributed by atoms with Gasteiger partial charge in [-0.3, -0.25) is 4.79 Å². The Balaban J connectivity index is 1.63. The molecule has 1 aliphatic carbocycles. The van der Waals surface area contributed by atoms with Crippen LogP contribution in [0.4, 0.5) is 18.9 Å². The van der Waals surface area contributed by atoms with Crippen molar-refractivity contribution < 1.29 is 23.1 Å². The van der Waals surface area contributed by atoms with E-state index in [9.17, 15) is 18.0 Å². The normalized spacial score (nSPS) is 19.8. The first-order valence-electron chi connectivity index (χ1n) is 7.56. The van der Waals surface area contributed by atoms with Gasteiger partial charge >= 0.3 is 6.18 Å². The minimum atomic E-state index is -4.35. The molecule has 2 aromatic carbocycles. The molecular weight excluding hydrogens is 319 g/mol. The largest absolute Gasteiger partial charge is 0.416 e. The van der Waals surface area contributed by atoms with Gasteiger partial charge in [0.25, 0.3) is 0 Å². The van der Waals surface area contributed by atoms with Gasteiger partial charge in [0.15, 0.2) is 0 Å². The minimum absolute atomic E-state index is 0.0479. The molecule has 0 heterocycles. The number of carbonyl (C=O) groups is 1.